The second kappa shape index (κ2) is 4.18. The van der Waals surface area contributed by atoms with E-state index in [0.717, 1.165) is 17.4 Å². The van der Waals surface area contributed by atoms with Gasteiger partial charge >= 0.3 is 7.12 Å². The maximum atomic E-state index is 11.1. The first-order chi connectivity index (χ1) is 8.28. The smallest absolute Gasteiger partial charge is 0.399 e. The third-order valence-electron chi connectivity index (χ3n) is 3.84. The summed E-state index contributed by atoms with van der Waals surface area (Å²) in [5.41, 5.74) is 1.23. The van der Waals surface area contributed by atoms with Gasteiger partial charge in [-0.25, -0.2) is 0 Å². The van der Waals surface area contributed by atoms with Crippen molar-refractivity contribution in [3.63, 3.8) is 0 Å². The fourth-order valence-corrected chi connectivity index (χ4v) is 1.97. The van der Waals surface area contributed by atoms with E-state index in [9.17, 15) is 4.79 Å². The number of pyridine rings is 1. The topological polar surface area (TPSA) is 48.4 Å². The van der Waals surface area contributed by atoms with E-state index in [-0.39, 0.29) is 0 Å². The lowest BCUT2D eigenvalue weighted by Crippen LogP contribution is -2.41. The molecular formula is C13H18BNO3. The molecule has 1 fully saturated rings. The Kier molecular flexibility index (Phi) is 3.07. The molecule has 1 aromatic rings. The molecule has 1 aliphatic rings. The summed E-state index contributed by atoms with van der Waals surface area (Å²) in [5.74, 6) is 0. The number of nitrogens with zero attached hydrogens (tertiary/aromatic N) is 1. The number of aldehydes is 1. The van der Waals surface area contributed by atoms with Crippen LogP contribution < -0.4 is 5.46 Å². The first-order valence-corrected chi connectivity index (χ1v) is 6.05. The number of aromatic nitrogens is 1. The monoisotopic (exact) mass is 247 g/mol. The molecule has 0 N–H and O–H groups in total. The number of carbonyl (C=O) groups is 1. The lowest BCUT2D eigenvalue weighted by Gasteiger charge is -2.32. The van der Waals surface area contributed by atoms with Gasteiger partial charge in [-0.3, -0.25) is 9.78 Å². The third-order valence-corrected chi connectivity index (χ3v) is 3.84. The van der Waals surface area contributed by atoms with Crippen LogP contribution in [-0.4, -0.2) is 29.6 Å². The van der Waals surface area contributed by atoms with Crippen LogP contribution in [-0.2, 0) is 9.31 Å². The fourth-order valence-electron chi connectivity index (χ4n) is 1.97. The minimum Gasteiger partial charge on any atom is -0.399 e. The summed E-state index contributed by atoms with van der Waals surface area (Å²) in [4.78, 5) is 15.3. The van der Waals surface area contributed by atoms with Crippen molar-refractivity contribution in [2.45, 2.75) is 45.8 Å². The van der Waals surface area contributed by atoms with Crippen LogP contribution >= 0.6 is 0 Å². The SMILES string of the molecule is Cc1nccc(C=O)c1B1OC(C)(C)C(C)(C)O1. The van der Waals surface area contributed by atoms with Crippen LogP contribution in [0.2, 0.25) is 0 Å². The average molecular weight is 247 g/mol. The number of hydrogen-bond donors (Lipinski definition) is 0. The lowest BCUT2D eigenvalue weighted by molar-refractivity contribution is 0.00578. The molecule has 5 heteroatoms. The van der Waals surface area contributed by atoms with E-state index in [0.29, 0.717) is 5.56 Å². The Hall–Kier alpha value is -1.20. The molecule has 1 aromatic heterocycles. The van der Waals surface area contributed by atoms with Crippen LogP contribution in [0.4, 0.5) is 0 Å². The van der Waals surface area contributed by atoms with Gasteiger partial charge in [-0.15, -0.1) is 0 Å². The molecule has 96 valence electrons. The summed E-state index contributed by atoms with van der Waals surface area (Å²) in [6.07, 6.45) is 2.43. The molecule has 0 bridgehead atoms. The first kappa shape index (κ1) is 13.2. The molecule has 0 radical (unpaired) electrons. The standard InChI is InChI=1S/C13H18BNO3/c1-9-11(10(8-16)6-7-15-9)14-17-12(2,3)13(4,5)18-14/h6-8H,1-5H3. The highest BCUT2D eigenvalue weighted by molar-refractivity contribution is 6.63. The summed E-state index contributed by atoms with van der Waals surface area (Å²) in [6.45, 7) is 9.80. The zero-order chi connectivity index (χ0) is 13.6. The van der Waals surface area contributed by atoms with Crippen molar-refractivity contribution in [2.75, 3.05) is 0 Å². The van der Waals surface area contributed by atoms with Crippen molar-refractivity contribution in [3.05, 3.63) is 23.5 Å². The molecule has 0 aliphatic carbocycles. The van der Waals surface area contributed by atoms with Gasteiger partial charge in [0.1, 0.15) is 6.29 Å². The van der Waals surface area contributed by atoms with Gasteiger partial charge in [-0.05, 0) is 40.7 Å². The zero-order valence-electron chi connectivity index (χ0n) is 11.5. The highest BCUT2D eigenvalue weighted by Gasteiger charge is 2.52. The predicted molar refractivity (Wildman–Crippen MR) is 70.1 cm³/mol. The molecule has 0 aromatic carbocycles. The minimum absolute atomic E-state index is 0.417. The summed E-state index contributed by atoms with van der Waals surface area (Å²) in [7, 11) is -0.538. The molecule has 0 amide bonds. The zero-order valence-corrected chi connectivity index (χ0v) is 11.5. The Balaban J connectivity index is 2.44. The van der Waals surface area contributed by atoms with Crippen LogP contribution in [0.25, 0.3) is 0 Å². The Morgan fingerprint density at radius 2 is 1.78 bits per heavy atom. The molecular weight excluding hydrogens is 229 g/mol. The number of hydrogen-bond acceptors (Lipinski definition) is 4. The van der Waals surface area contributed by atoms with Gasteiger partial charge in [0.2, 0.25) is 0 Å². The van der Waals surface area contributed by atoms with Crippen LogP contribution in [0.15, 0.2) is 12.3 Å². The van der Waals surface area contributed by atoms with E-state index in [1.165, 1.54) is 0 Å². The molecule has 4 nitrogen and oxygen atoms in total. The van der Waals surface area contributed by atoms with Crippen molar-refractivity contribution in [1.82, 2.24) is 4.98 Å². The largest absolute Gasteiger partial charge is 0.497 e. The van der Waals surface area contributed by atoms with Crippen molar-refractivity contribution < 1.29 is 14.1 Å². The predicted octanol–water partition coefficient (Wildman–Crippen LogP) is 1.50. The molecule has 0 unspecified atom stereocenters. The van der Waals surface area contributed by atoms with E-state index in [1.807, 2.05) is 34.6 Å². The Morgan fingerprint density at radius 3 is 2.28 bits per heavy atom. The van der Waals surface area contributed by atoms with E-state index < -0.39 is 18.3 Å². The normalized spacial score (nSPS) is 21.1. The quantitative estimate of drug-likeness (QED) is 0.587. The molecule has 0 saturated carbocycles. The Labute approximate surface area is 108 Å². The highest BCUT2D eigenvalue weighted by atomic mass is 16.7. The van der Waals surface area contributed by atoms with E-state index >= 15 is 0 Å². The van der Waals surface area contributed by atoms with Gasteiger partial charge in [0, 0.05) is 22.9 Å². The number of rotatable bonds is 2. The summed E-state index contributed by atoms with van der Waals surface area (Å²) in [6, 6.07) is 1.68. The van der Waals surface area contributed by atoms with Crippen molar-refractivity contribution in [3.8, 4) is 0 Å². The second-order valence-corrected chi connectivity index (χ2v) is 5.61. The first-order valence-electron chi connectivity index (χ1n) is 6.05. The molecule has 18 heavy (non-hydrogen) atoms. The molecule has 1 saturated heterocycles. The van der Waals surface area contributed by atoms with Crippen molar-refractivity contribution in [1.29, 1.82) is 0 Å². The van der Waals surface area contributed by atoms with Gasteiger partial charge in [0.15, 0.2) is 0 Å². The van der Waals surface area contributed by atoms with Crippen LogP contribution in [0.1, 0.15) is 43.7 Å². The average Bonchev–Trinajstić information content (AvgIpc) is 2.47. The van der Waals surface area contributed by atoms with Gasteiger partial charge < -0.3 is 9.31 Å². The highest BCUT2D eigenvalue weighted by Crippen LogP contribution is 2.36. The Bertz CT molecular complexity index is 469. The summed E-state index contributed by atoms with van der Waals surface area (Å²) >= 11 is 0. The van der Waals surface area contributed by atoms with Gasteiger partial charge in [-0.1, -0.05) is 0 Å². The van der Waals surface area contributed by atoms with Crippen LogP contribution in [0, 0.1) is 6.92 Å². The van der Waals surface area contributed by atoms with Gasteiger partial charge in [0.05, 0.1) is 11.2 Å². The lowest BCUT2D eigenvalue weighted by atomic mass is 9.75. The summed E-state index contributed by atoms with van der Waals surface area (Å²) < 4.78 is 11.9. The maximum Gasteiger partial charge on any atom is 0.497 e. The minimum atomic E-state index is -0.538. The molecule has 1 aliphatic heterocycles. The van der Waals surface area contributed by atoms with Crippen LogP contribution in [0.5, 0.6) is 0 Å². The number of aryl methyl sites for hydroxylation is 1. The Morgan fingerprint density at radius 1 is 1.22 bits per heavy atom. The fraction of sp³-hybridized carbons (Fsp3) is 0.538. The van der Waals surface area contributed by atoms with Crippen molar-refractivity contribution in [2.24, 2.45) is 0 Å². The molecule has 0 atom stereocenters. The molecule has 2 heterocycles. The van der Waals surface area contributed by atoms with E-state index in [2.05, 4.69) is 4.98 Å². The molecule has 2 rings (SSSR count). The van der Waals surface area contributed by atoms with E-state index in [4.69, 9.17) is 9.31 Å². The van der Waals surface area contributed by atoms with Crippen molar-refractivity contribution >= 4 is 18.9 Å². The molecule has 0 spiro atoms. The van der Waals surface area contributed by atoms with Crippen LogP contribution in [0.3, 0.4) is 0 Å². The number of carbonyl (C=O) groups excluding carboxylic acids is 1. The van der Waals surface area contributed by atoms with Gasteiger partial charge in [0.25, 0.3) is 0 Å². The second-order valence-electron chi connectivity index (χ2n) is 5.61. The maximum absolute atomic E-state index is 11.1. The van der Waals surface area contributed by atoms with E-state index in [1.54, 1.807) is 12.3 Å². The summed E-state index contributed by atoms with van der Waals surface area (Å²) in [5, 5.41) is 0. The third kappa shape index (κ3) is 1.97. The van der Waals surface area contributed by atoms with Gasteiger partial charge in [-0.2, -0.15) is 0 Å².